The van der Waals surface area contributed by atoms with Crippen molar-refractivity contribution in [3.05, 3.63) is 0 Å². The molecular weight excluding hydrogens is 192 g/mol. The van der Waals surface area contributed by atoms with E-state index >= 15 is 0 Å². The van der Waals surface area contributed by atoms with Crippen LogP contribution in [-0.4, -0.2) is 30.8 Å². The Hall–Kier alpha value is -0.770. The van der Waals surface area contributed by atoms with Crippen molar-refractivity contribution in [3.63, 3.8) is 0 Å². The second kappa shape index (κ2) is 6.67. The highest BCUT2D eigenvalue weighted by molar-refractivity contribution is 5.68. The third-order valence-electron chi connectivity index (χ3n) is 1.64. The van der Waals surface area contributed by atoms with Crippen LogP contribution >= 0.6 is 0 Å². The van der Waals surface area contributed by atoms with Gasteiger partial charge in [-0.3, -0.25) is 0 Å². The number of amides is 1. The Labute approximate surface area is 92.8 Å². The molecule has 0 unspecified atom stereocenters. The fourth-order valence-corrected chi connectivity index (χ4v) is 1.06. The largest absolute Gasteiger partial charge is 0.444 e. The van der Waals surface area contributed by atoms with Crippen LogP contribution in [0, 0.1) is 0 Å². The van der Waals surface area contributed by atoms with Gasteiger partial charge in [-0.1, -0.05) is 6.92 Å². The lowest BCUT2D eigenvalue weighted by atomic mass is 10.2. The van der Waals surface area contributed by atoms with Crippen LogP contribution in [0.5, 0.6) is 0 Å². The molecule has 90 valence electrons. The summed E-state index contributed by atoms with van der Waals surface area (Å²) < 4.78 is 5.14. The molecule has 0 aromatic carbocycles. The molecule has 2 N–H and O–H groups in total. The smallest absolute Gasteiger partial charge is 0.407 e. The van der Waals surface area contributed by atoms with Gasteiger partial charge in [0.25, 0.3) is 0 Å². The Bertz CT molecular complexity index is 188. The molecule has 0 aliphatic heterocycles. The van der Waals surface area contributed by atoms with Crippen LogP contribution in [0.1, 0.15) is 41.0 Å². The van der Waals surface area contributed by atoms with Gasteiger partial charge in [-0.15, -0.1) is 0 Å². The van der Waals surface area contributed by atoms with Crippen molar-refractivity contribution in [2.24, 2.45) is 0 Å². The van der Waals surface area contributed by atoms with Crippen LogP contribution in [0.4, 0.5) is 4.79 Å². The maximum absolute atomic E-state index is 11.3. The summed E-state index contributed by atoms with van der Waals surface area (Å²) >= 11 is 0. The quantitative estimate of drug-likeness (QED) is 0.690. The molecule has 0 fully saturated rings. The summed E-state index contributed by atoms with van der Waals surface area (Å²) in [5, 5.41) is 6.00. The second-order valence-corrected chi connectivity index (χ2v) is 4.75. The van der Waals surface area contributed by atoms with Crippen molar-refractivity contribution in [2.75, 3.05) is 13.1 Å². The first-order valence-corrected chi connectivity index (χ1v) is 5.55. The molecule has 1 atom stereocenters. The van der Waals surface area contributed by atoms with E-state index in [4.69, 9.17) is 4.74 Å². The number of ether oxygens (including phenoxy) is 1. The highest BCUT2D eigenvalue weighted by atomic mass is 16.6. The van der Waals surface area contributed by atoms with Gasteiger partial charge in [-0.25, -0.2) is 4.79 Å². The van der Waals surface area contributed by atoms with Crippen molar-refractivity contribution >= 4 is 6.09 Å². The van der Waals surface area contributed by atoms with Crippen LogP contribution in [0.3, 0.4) is 0 Å². The first kappa shape index (κ1) is 14.2. The minimum absolute atomic E-state index is 0.0893. The zero-order chi connectivity index (χ0) is 11.9. The SMILES string of the molecule is CCCNC[C@@H](C)NC(=O)OC(C)(C)C. The molecule has 0 aromatic heterocycles. The monoisotopic (exact) mass is 216 g/mol. The predicted molar refractivity (Wildman–Crippen MR) is 62.0 cm³/mol. The van der Waals surface area contributed by atoms with Gasteiger partial charge in [-0.05, 0) is 40.7 Å². The highest BCUT2D eigenvalue weighted by Crippen LogP contribution is 2.06. The Morgan fingerprint density at radius 3 is 2.47 bits per heavy atom. The van der Waals surface area contributed by atoms with E-state index < -0.39 is 5.60 Å². The van der Waals surface area contributed by atoms with Gasteiger partial charge in [0.1, 0.15) is 5.60 Å². The van der Waals surface area contributed by atoms with Crippen molar-refractivity contribution in [2.45, 2.75) is 52.7 Å². The van der Waals surface area contributed by atoms with E-state index in [1.807, 2.05) is 27.7 Å². The summed E-state index contributed by atoms with van der Waals surface area (Å²) in [6.07, 6.45) is 0.743. The highest BCUT2D eigenvalue weighted by Gasteiger charge is 2.17. The number of hydrogen-bond acceptors (Lipinski definition) is 3. The topological polar surface area (TPSA) is 50.4 Å². The average Bonchev–Trinajstić information content (AvgIpc) is 2.00. The average molecular weight is 216 g/mol. The molecular formula is C11H24N2O2. The van der Waals surface area contributed by atoms with Gasteiger partial charge in [0, 0.05) is 12.6 Å². The minimum atomic E-state index is -0.430. The first-order valence-electron chi connectivity index (χ1n) is 5.55. The molecule has 1 amide bonds. The minimum Gasteiger partial charge on any atom is -0.444 e. The fourth-order valence-electron chi connectivity index (χ4n) is 1.06. The van der Waals surface area contributed by atoms with Gasteiger partial charge in [0.05, 0.1) is 0 Å². The summed E-state index contributed by atoms with van der Waals surface area (Å²) in [7, 11) is 0. The van der Waals surface area contributed by atoms with E-state index in [1.165, 1.54) is 0 Å². The lowest BCUT2D eigenvalue weighted by molar-refractivity contribution is 0.0508. The zero-order valence-corrected chi connectivity index (χ0v) is 10.5. The molecule has 0 saturated carbocycles. The predicted octanol–water partition coefficient (Wildman–Crippen LogP) is 1.90. The van der Waals surface area contributed by atoms with Crippen LogP contribution in [0.25, 0.3) is 0 Å². The summed E-state index contributed by atoms with van der Waals surface area (Å²) in [5.74, 6) is 0. The third-order valence-corrected chi connectivity index (χ3v) is 1.64. The van der Waals surface area contributed by atoms with E-state index in [0.717, 1.165) is 19.5 Å². The van der Waals surface area contributed by atoms with E-state index in [9.17, 15) is 4.79 Å². The molecule has 0 aliphatic carbocycles. The van der Waals surface area contributed by atoms with Crippen LogP contribution in [0.2, 0.25) is 0 Å². The third kappa shape index (κ3) is 9.53. The molecule has 0 rings (SSSR count). The standard InChI is InChI=1S/C11H24N2O2/c1-6-7-12-8-9(2)13-10(14)15-11(3,4)5/h9,12H,6-8H2,1-5H3,(H,13,14)/t9-/m1/s1. The summed E-state index contributed by atoms with van der Waals surface area (Å²) in [4.78, 5) is 11.3. The summed E-state index contributed by atoms with van der Waals surface area (Å²) in [5.41, 5.74) is -0.430. The zero-order valence-electron chi connectivity index (χ0n) is 10.5. The molecule has 4 nitrogen and oxygen atoms in total. The molecule has 0 aromatic rings. The normalized spacial score (nSPS) is 13.4. The molecule has 0 radical (unpaired) electrons. The molecule has 4 heteroatoms. The van der Waals surface area contributed by atoms with Gasteiger partial charge in [0.15, 0.2) is 0 Å². The molecule has 0 saturated heterocycles. The van der Waals surface area contributed by atoms with Gasteiger partial charge >= 0.3 is 6.09 Å². The number of carbonyl (C=O) groups is 1. The number of carbonyl (C=O) groups excluding carboxylic acids is 1. The van der Waals surface area contributed by atoms with Crippen molar-refractivity contribution < 1.29 is 9.53 Å². The first-order chi connectivity index (χ1) is 6.85. The molecule has 0 heterocycles. The maximum Gasteiger partial charge on any atom is 0.407 e. The molecule has 0 aliphatic rings. The molecule has 15 heavy (non-hydrogen) atoms. The maximum atomic E-state index is 11.3. The van der Waals surface area contributed by atoms with Crippen LogP contribution in [0.15, 0.2) is 0 Å². The Morgan fingerprint density at radius 2 is 2.00 bits per heavy atom. The van der Waals surface area contributed by atoms with Gasteiger partial charge < -0.3 is 15.4 Å². The van der Waals surface area contributed by atoms with Crippen molar-refractivity contribution in [3.8, 4) is 0 Å². The summed E-state index contributed by atoms with van der Waals surface area (Å²) in [6, 6.07) is 0.0893. The Balaban J connectivity index is 3.67. The number of nitrogens with one attached hydrogen (secondary N) is 2. The molecule has 0 spiro atoms. The van der Waals surface area contributed by atoms with Gasteiger partial charge in [-0.2, -0.15) is 0 Å². The number of alkyl carbamates (subject to hydrolysis) is 1. The summed E-state index contributed by atoms with van der Waals surface area (Å²) in [6.45, 7) is 11.4. The fraction of sp³-hybridized carbons (Fsp3) is 0.909. The van der Waals surface area contributed by atoms with Crippen molar-refractivity contribution in [1.29, 1.82) is 0 Å². The Kier molecular flexibility index (Phi) is 6.32. The second-order valence-electron chi connectivity index (χ2n) is 4.75. The number of hydrogen-bond donors (Lipinski definition) is 2. The number of rotatable bonds is 5. The van der Waals surface area contributed by atoms with E-state index in [0.29, 0.717) is 0 Å². The van der Waals surface area contributed by atoms with E-state index in [1.54, 1.807) is 0 Å². The van der Waals surface area contributed by atoms with Gasteiger partial charge in [0.2, 0.25) is 0 Å². The van der Waals surface area contributed by atoms with Crippen LogP contribution < -0.4 is 10.6 Å². The Morgan fingerprint density at radius 1 is 1.40 bits per heavy atom. The van der Waals surface area contributed by atoms with Crippen LogP contribution in [-0.2, 0) is 4.74 Å². The lowest BCUT2D eigenvalue weighted by Crippen LogP contribution is -2.42. The van der Waals surface area contributed by atoms with Crippen molar-refractivity contribution in [1.82, 2.24) is 10.6 Å². The molecule has 0 bridgehead atoms. The lowest BCUT2D eigenvalue weighted by Gasteiger charge is -2.22. The van der Waals surface area contributed by atoms with E-state index in [2.05, 4.69) is 17.6 Å². The van der Waals surface area contributed by atoms with E-state index in [-0.39, 0.29) is 12.1 Å².